The predicted molar refractivity (Wildman–Crippen MR) is 71.7 cm³/mol. The largest absolute Gasteiger partial charge is 0.337 e. The molecule has 0 saturated heterocycles. The number of hydrogen-bond acceptors (Lipinski definition) is 0. The molecule has 0 amide bonds. The highest BCUT2D eigenvalue weighted by Crippen LogP contribution is 2.09. The molecule has 0 aliphatic carbocycles. The van der Waals surface area contributed by atoms with Crippen molar-refractivity contribution < 1.29 is 5.32 Å². The molecule has 0 saturated carbocycles. The molecule has 1 atom stereocenters. The third kappa shape index (κ3) is 3.43. The van der Waals surface area contributed by atoms with Crippen LogP contribution in [0.5, 0.6) is 0 Å². The van der Waals surface area contributed by atoms with Gasteiger partial charge in [0.2, 0.25) is 0 Å². The maximum atomic E-state index is 2.38. The van der Waals surface area contributed by atoms with Crippen LogP contribution in [0.25, 0.3) is 0 Å². The quantitative estimate of drug-likeness (QED) is 0.825. The third-order valence-corrected chi connectivity index (χ3v) is 3.15. The van der Waals surface area contributed by atoms with E-state index in [0.717, 1.165) is 6.54 Å². The van der Waals surface area contributed by atoms with Crippen LogP contribution in [0.1, 0.15) is 29.7 Å². The summed E-state index contributed by atoms with van der Waals surface area (Å²) in [6.07, 6.45) is 0. The zero-order chi connectivity index (χ0) is 12.1. The summed E-state index contributed by atoms with van der Waals surface area (Å²) >= 11 is 0. The fourth-order valence-electron chi connectivity index (χ4n) is 1.93. The van der Waals surface area contributed by atoms with Gasteiger partial charge >= 0.3 is 0 Å². The van der Waals surface area contributed by atoms with Crippen molar-refractivity contribution >= 4 is 0 Å². The molecule has 0 aliphatic rings. The minimum absolute atomic E-state index is 0.510. The Labute approximate surface area is 103 Å². The molecule has 0 unspecified atom stereocenters. The second-order valence-corrected chi connectivity index (χ2v) is 4.62. The first kappa shape index (κ1) is 11.9. The molecular formula is C16H20N+. The molecule has 0 radical (unpaired) electrons. The van der Waals surface area contributed by atoms with Gasteiger partial charge in [0.15, 0.2) is 0 Å². The molecule has 0 spiro atoms. The van der Waals surface area contributed by atoms with Crippen LogP contribution >= 0.6 is 0 Å². The summed E-state index contributed by atoms with van der Waals surface area (Å²) in [7, 11) is 0. The van der Waals surface area contributed by atoms with E-state index in [1.165, 1.54) is 16.7 Å². The summed E-state index contributed by atoms with van der Waals surface area (Å²) < 4.78 is 0. The maximum Gasteiger partial charge on any atom is 0.109 e. The van der Waals surface area contributed by atoms with Gasteiger partial charge in [0.1, 0.15) is 12.6 Å². The maximum absolute atomic E-state index is 2.38. The molecule has 2 N–H and O–H groups in total. The van der Waals surface area contributed by atoms with E-state index >= 15 is 0 Å². The molecule has 17 heavy (non-hydrogen) atoms. The summed E-state index contributed by atoms with van der Waals surface area (Å²) in [5.74, 6) is 0. The molecule has 88 valence electrons. The van der Waals surface area contributed by atoms with Gasteiger partial charge in [-0.2, -0.15) is 0 Å². The Kier molecular flexibility index (Phi) is 3.94. The number of quaternary nitrogens is 1. The van der Waals surface area contributed by atoms with Crippen molar-refractivity contribution in [2.45, 2.75) is 26.4 Å². The van der Waals surface area contributed by atoms with Crippen LogP contribution in [0.4, 0.5) is 0 Å². The zero-order valence-electron chi connectivity index (χ0n) is 10.6. The van der Waals surface area contributed by atoms with Gasteiger partial charge in [-0.25, -0.2) is 0 Å². The van der Waals surface area contributed by atoms with Gasteiger partial charge in [-0.3, -0.25) is 0 Å². The average Bonchev–Trinajstić information content (AvgIpc) is 2.38. The SMILES string of the molecule is Cc1ccc([C@H](C)[NH2+]Cc2ccccc2)cc1. The van der Waals surface area contributed by atoms with Gasteiger partial charge in [0.05, 0.1) is 0 Å². The van der Waals surface area contributed by atoms with E-state index in [9.17, 15) is 0 Å². The Bertz CT molecular complexity index is 445. The van der Waals surface area contributed by atoms with Gasteiger partial charge in [-0.15, -0.1) is 0 Å². The van der Waals surface area contributed by atoms with E-state index in [-0.39, 0.29) is 0 Å². The molecular weight excluding hydrogens is 206 g/mol. The molecule has 0 fully saturated rings. The Morgan fingerprint density at radius 3 is 2.24 bits per heavy atom. The van der Waals surface area contributed by atoms with Crippen molar-refractivity contribution in [3.63, 3.8) is 0 Å². The van der Waals surface area contributed by atoms with E-state index < -0.39 is 0 Å². The molecule has 1 heteroatoms. The first-order chi connectivity index (χ1) is 8.25. The third-order valence-electron chi connectivity index (χ3n) is 3.15. The van der Waals surface area contributed by atoms with Crippen molar-refractivity contribution in [2.24, 2.45) is 0 Å². The number of aryl methyl sites for hydroxylation is 1. The topological polar surface area (TPSA) is 16.6 Å². The first-order valence-corrected chi connectivity index (χ1v) is 6.19. The fraction of sp³-hybridized carbons (Fsp3) is 0.250. The zero-order valence-corrected chi connectivity index (χ0v) is 10.6. The lowest BCUT2D eigenvalue weighted by Gasteiger charge is -2.11. The Morgan fingerprint density at radius 1 is 0.941 bits per heavy atom. The monoisotopic (exact) mass is 226 g/mol. The standard InChI is InChI=1S/C16H19N/c1-13-8-10-16(11-9-13)14(2)17-12-15-6-4-3-5-7-15/h3-11,14,17H,12H2,1-2H3/p+1/t14-/m0/s1. The van der Waals surface area contributed by atoms with E-state index in [1.54, 1.807) is 0 Å². The van der Waals surface area contributed by atoms with Crippen molar-refractivity contribution in [2.75, 3.05) is 0 Å². The van der Waals surface area contributed by atoms with Gasteiger partial charge in [-0.1, -0.05) is 60.2 Å². The van der Waals surface area contributed by atoms with Gasteiger partial charge < -0.3 is 5.32 Å². The highest BCUT2D eigenvalue weighted by atomic mass is 14.9. The number of benzene rings is 2. The Balaban J connectivity index is 1.93. The Morgan fingerprint density at radius 2 is 1.59 bits per heavy atom. The lowest BCUT2D eigenvalue weighted by molar-refractivity contribution is -0.707. The van der Waals surface area contributed by atoms with Crippen LogP contribution in [0.2, 0.25) is 0 Å². The Hall–Kier alpha value is -1.60. The van der Waals surface area contributed by atoms with Crippen molar-refractivity contribution in [1.82, 2.24) is 0 Å². The summed E-state index contributed by atoms with van der Waals surface area (Å²) in [4.78, 5) is 0. The summed E-state index contributed by atoms with van der Waals surface area (Å²) in [5.41, 5.74) is 4.10. The first-order valence-electron chi connectivity index (χ1n) is 6.19. The van der Waals surface area contributed by atoms with Crippen LogP contribution < -0.4 is 5.32 Å². The van der Waals surface area contributed by atoms with E-state index in [0.29, 0.717) is 6.04 Å². The molecule has 0 bridgehead atoms. The highest BCUT2D eigenvalue weighted by molar-refractivity contribution is 5.22. The predicted octanol–water partition coefficient (Wildman–Crippen LogP) is 2.82. The summed E-state index contributed by atoms with van der Waals surface area (Å²) in [5, 5.41) is 2.38. The van der Waals surface area contributed by atoms with Crippen LogP contribution in [0.3, 0.4) is 0 Å². The number of hydrogen-bond donors (Lipinski definition) is 1. The van der Waals surface area contributed by atoms with Crippen LogP contribution in [0.15, 0.2) is 54.6 Å². The fourth-order valence-corrected chi connectivity index (χ4v) is 1.93. The molecule has 0 aromatic heterocycles. The molecule has 0 aliphatic heterocycles. The molecule has 2 aromatic rings. The summed E-state index contributed by atoms with van der Waals surface area (Å²) in [6, 6.07) is 19.9. The lowest BCUT2D eigenvalue weighted by atomic mass is 10.1. The number of nitrogens with two attached hydrogens (primary N) is 1. The minimum Gasteiger partial charge on any atom is -0.337 e. The second-order valence-electron chi connectivity index (χ2n) is 4.62. The van der Waals surface area contributed by atoms with Crippen molar-refractivity contribution in [1.29, 1.82) is 0 Å². The summed E-state index contributed by atoms with van der Waals surface area (Å²) in [6.45, 7) is 5.42. The van der Waals surface area contributed by atoms with E-state index in [1.807, 2.05) is 0 Å². The van der Waals surface area contributed by atoms with E-state index in [4.69, 9.17) is 0 Å². The van der Waals surface area contributed by atoms with Gasteiger partial charge in [-0.05, 0) is 13.8 Å². The number of rotatable bonds is 4. The normalized spacial score (nSPS) is 12.4. The molecule has 0 heterocycles. The van der Waals surface area contributed by atoms with Gasteiger partial charge in [0.25, 0.3) is 0 Å². The van der Waals surface area contributed by atoms with Crippen molar-refractivity contribution in [3.05, 3.63) is 71.3 Å². The minimum atomic E-state index is 0.510. The smallest absolute Gasteiger partial charge is 0.109 e. The second kappa shape index (κ2) is 5.65. The molecule has 1 nitrogen and oxygen atoms in total. The van der Waals surface area contributed by atoms with E-state index in [2.05, 4.69) is 73.8 Å². The average molecular weight is 226 g/mol. The van der Waals surface area contributed by atoms with Crippen LogP contribution in [-0.4, -0.2) is 0 Å². The lowest BCUT2D eigenvalue weighted by Crippen LogP contribution is -2.83. The van der Waals surface area contributed by atoms with Crippen molar-refractivity contribution in [3.8, 4) is 0 Å². The molecule has 2 rings (SSSR count). The van der Waals surface area contributed by atoms with Crippen LogP contribution in [-0.2, 0) is 6.54 Å². The highest BCUT2D eigenvalue weighted by Gasteiger charge is 2.07. The molecule has 2 aromatic carbocycles. The van der Waals surface area contributed by atoms with Crippen LogP contribution in [0, 0.1) is 6.92 Å². The van der Waals surface area contributed by atoms with Gasteiger partial charge in [0, 0.05) is 11.1 Å².